The van der Waals surface area contributed by atoms with E-state index in [2.05, 4.69) is 13.0 Å². The summed E-state index contributed by atoms with van der Waals surface area (Å²) in [6.45, 7) is 6.06. The molecule has 0 N–H and O–H groups in total. The van der Waals surface area contributed by atoms with Gasteiger partial charge in [-0.05, 0) is 0 Å². The summed E-state index contributed by atoms with van der Waals surface area (Å²) < 4.78 is 0. The average Bonchev–Trinajstić information content (AvgIpc) is 1.94. The van der Waals surface area contributed by atoms with Gasteiger partial charge in [0.25, 0.3) is 0 Å². The largest absolute Gasteiger partial charge is 0.358 e. The van der Waals surface area contributed by atoms with E-state index in [-0.39, 0.29) is 40.1 Å². The van der Waals surface area contributed by atoms with Crippen LogP contribution < -0.4 is 0 Å². The molecule has 0 heterocycles. The average molecular weight is 225 g/mol. The van der Waals surface area contributed by atoms with Gasteiger partial charge in [0.15, 0.2) is 0 Å². The van der Waals surface area contributed by atoms with E-state index < -0.39 is 0 Å². The summed E-state index contributed by atoms with van der Waals surface area (Å²) in [5.74, 6) is 0. The Hall–Kier alpha value is 0.324. The van der Waals surface area contributed by atoms with Gasteiger partial charge in [0.2, 0.25) is 0 Å². The third kappa shape index (κ3) is 10.3. The van der Waals surface area contributed by atoms with Crippen LogP contribution in [-0.2, 0) is 32.7 Å². The van der Waals surface area contributed by atoms with Crippen molar-refractivity contribution in [1.29, 1.82) is 0 Å². The Morgan fingerprint density at radius 3 is 1.64 bits per heavy atom. The molecule has 0 aliphatic carbocycles. The van der Waals surface area contributed by atoms with Gasteiger partial charge in [-0.3, -0.25) is 0 Å². The van der Waals surface area contributed by atoms with E-state index in [1.54, 1.807) is 0 Å². The number of aryl methyl sites for hydroxylation is 1. The van der Waals surface area contributed by atoms with Gasteiger partial charge >= 0.3 is 0 Å². The topological polar surface area (TPSA) is 0 Å². The van der Waals surface area contributed by atoms with E-state index in [0.29, 0.717) is 0 Å². The summed E-state index contributed by atoms with van der Waals surface area (Å²) in [6.07, 6.45) is 0. The number of hydrogen-bond donors (Lipinski definition) is 0. The molecular formula is C10H16Y-2. The Morgan fingerprint density at radius 1 is 1.09 bits per heavy atom. The molecule has 0 saturated heterocycles. The van der Waals surface area contributed by atoms with Gasteiger partial charge in [0, 0.05) is 32.7 Å². The molecule has 0 unspecified atom stereocenters. The van der Waals surface area contributed by atoms with Crippen LogP contribution in [0.1, 0.15) is 19.4 Å². The summed E-state index contributed by atoms with van der Waals surface area (Å²) in [5, 5.41) is 0. The third-order valence-corrected chi connectivity index (χ3v) is 0.885. The maximum absolute atomic E-state index is 2.93. The van der Waals surface area contributed by atoms with E-state index in [1.807, 2.05) is 38.1 Å². The number of rotatable bonds is 0. The SMILES string of the molecule is CC.Cc1cc[c-]cc1.[CH3-].[Y]. The molecule has 0 aromatic heterocycles. The summed E-state index contributed by atoms with van der Waals surface area (Å²) in [5.41, 5.74) is 1.29. The Kier molecular flexibility index (Phi) is 20.5. The molecule has 1 heteroatoms. The van der Waals surface area contributed by atoms with Crippen molar-refractivity contribution in [3.8, 4) is 0 Å². The van der Waals surface area contributed by atoms with Gasteiger partial charge in [0.05, 0.1) is 0 Å². The summed E-state index contributed by atoms with van der Waals surface area (Å²) in [6, 6.07) is 10.8. The smallest absolute Gasteiger partial charge is 0 e. The summed E-state index contributed by atoms with van der Waals surface area (Å²) in [7, 11) is 0. The fraction of sp³-hybridized carbons (Fsp3) is 0.300. The van der Waals surface area contributed by atoms with E-state index in [1.165, 1.54) is 5.56 Å². The molecule has 61 valence electrons. The molecule has 0 aliphatic heterocycles. The normalized spacial score (nSPS) is 6.09. The second-order valence-electron chi connectivity index (χ2n) is 1.58. The van der Waals surface area contributed by atoms with Crippen molar-refractivity contribution in [3.63, 3.8) is 0 Å². The Morgan fingerprint density at radius 2 is 1.45 bits per heavy atom. The number of hydrogen-bond acceptors (Lipinski definition) is 0. The van der Waals surface area contributed by atoms with Crippen LogP contribution in [0.2, 0.25) is 0 Å². The van der Waals surface area contributed by atoms with Crippen molar-refractivity contribution < 1.29 is 32.7 Å². The minimum atomic E-state index is 0. The fourth-order valence-electron chi connectivity index (χ4n) is 0.470. The minimum absolute atomic E-state index is 0. The molecule has 11 heavy (non-hydrogen) atoms. The first-order chi connectivity index (χ1) is 4.39. The molecule has 0 nitrogen and oxygen atoms in total. The maximum Gasteiger partial charge on any atom is 0 e. The first-order valence-corrected chi connectivity index (χ1v) is 3.32. The molecule has 1 aromatic carbocycles. The van der Waals surface area contributed by atoms with Crippen LogP contribution in [0.3, 0.4) is 0 Å². The number of benzene rings is 1. The zero-order valence-electron chi connectivity index (χ0n) is 7.89. The van der Waals surface area contributed by atoms with Gasteiger partial charge in [-0.2, -0.15) is 35.9 Å². The molecule has 0 atom stereocenters. The van der Waals surface area contributed by atoms with Crippen molar-refractivity contribution in [2.75, 3.05) is 0 Å². The maximum atomic E-state index is 2.93. The first-order valence-electron chi connectivity index (χ1n) is 3.32. The summed E-state index contributed by atoms with van der Waals surface area (Å²) in [4.78, 5) is 0. The minimum Gasteiger partial charge on any atom is -0.358 e. The van der Waals surface area contributed by atoms with Crippen LogP contribution >= 0.6 is 0 Å². The molecule has 0 amide bonds. The molecule has 0 bridgehead atoms. The Bertz CT molecular complexity index is 135. The van der Waals surface area contributed by atoms with Gasteiger partial charge < -0.3 is 7.43 Å². The van der Waals surface area contributed by atoms with Crippen LogP contribution in [0, 0.1) is 20.4 Å². The molecular weight excluding hydrogens is 209 g/mol. The molecule has 1 rings (SSSR count). The molecule has 0 saturated carbocycles. The second kappa shape index (κ2) is 13.0. The zero-order chi connectivity index (χ0) is 7.11. The molecule has 0 aliphatic rings. The quantitative estimate of drug-likeness (QED) is 0.594. The van der Waals surface area contributed by atoms with E-state index >= 15 is 0 Å². The zero-order valence-corrected chi connectivity index (χ0v) is 10.7. The monoisotopic (exact) mass is 225 g/mol. The van der Waals surface area contributed by atoms with Crippen LogP contribution in [0.4, 0.5) is 0 Å². The predicted octanol–water partition coefficient (Wildman–Crippen LogP) is 3.27. The first kappa shape index (κ1) is 17.4. The van der Waals surface area contributed by atoms with Crippen molar-refractivity contribution in [1.82, 2.24) is 0 Å². The summed E-state index contributed by atoms with van der Waals surface area (Å²) >= 11 is 0. The molecule has 0 fully saturated rings. The molecule has 1 radical (unpaired) electrons. The second-order valence-corrected chi connectivity index (χ2v) is 1.58. The third-order valence-electron chi connectivity index (χ3n) is 0.885. The van der Waals surface area contributed by atoms with Crippen molar-refractivity contribution >= 4 is 0 Å². The van der Waals surface area contributed by atoms with Gasteiger partial charge in [0.1, 0.15) is 0 Å². The van der Waals surface area contributed by atoms with Gasteiger partial charge in [-0.15, -0.1) is 0 Å². The van der Waals surface area contributed by atoms with E-state index in [0.717, 1.165) is 0 Å². The van der Waals surface area contributed by atoms with Gasteiger partial charge in [-0.1, -0.05) is 20.8 Å². The van der Waals surface area contributed by atoms with Gasteiger partial charge in [-0.25, -0.2) is 0 Å². The van der Waals surface area contributed by atoms with Crippen LogP contribution in [0.15, 0.2) is 24.3 Å². The Balaban J connectivity index is -0.000000149. The molecule has 0 spiro atoms. The van der Waals surface area contributed by atoms with Crippen LogP contribution in [0.25, 0.3) is 0 Å². The van der Waals surface area contributed by atoms with E-state index in [4.69, 9.17) is 0 Å². The standard InChI is InChI=1S/C7H7.C2H6.CH3.Y/c1-7-5-3-2-4-6-7;1-2;;/h3-6H,1H3;1-2H3;1H3;/q-1;;-1;. The fourth-order valence-corrected chi connectivity index (χ4v) is 0.470. The van der Waals surface area contributed by atoms with Crippen molar-refractivity contribution in [3.05, 3.63) is 43.3 Å². The van der Waals surface area contributed by atoms with E-state index in [9.17, 15) is 0 Å². The van der Waals surface area contributed by atoms with Crippen molar-refractivity contribution in [2.45, 2.75) is 20.8 Å². The Labute approximate surface area is 96.3 Å². The van der Waals surface area contributed by atoms with Crippen LogP contribution in [-0.4, -0.2) is 0 Å². The predicted molar refractivity (Wildman–Crippen MR) is 47.8 cm³/mol. The molecule has 1 aromatic rings. The van der Waals surface area contributed by atoms with Crippen molar-refractivity contribution in [2.24, 2.45) is 0 Å². The van der Waals surface area contributed by atoms with Crippen LogP contribution in [0.5, 0.6) is 0 Å².